The van der Waals surface area contributed by atoms with Crippen LogP contribution in [0.15, 0.2) is 48.5 Å². The number of alkyl carbamates (subject to hydrolysis) is 1. The molecule has 7 heteroatoms. The van der Waals surface area contributed by atoms with Gasteiger partial charge in [0.05, 0.1) is 0 Å². The molecule has 7 nitrogen and oxygen atoms in total. The maximum Gasteiger partial charge on any atom is 0.408 e. The summed E-state index contributed by atoms with van der Waals surface area (Å²) in [5.41, 5.74) is 2.48. The minimum atomic E-state index is -1.09. The number of hydrogen-bond acceptors (Lipinski definition) is 4. The summed E-state index contributed by atoms with van der Waals surface area (Å²) in [7, 11) is 0. The molecule has 0 heterocycles. The molecule has 0 bridgehead atoms. The molecule has 0 aliphatic rings. The second kappa shape index (κ2) is 13.0. The lowest BCUT2D eigenvalue weighted by atomic mass is 9.92. The molecule has 2 aromatic carbocycles. The zero-order chi connectivity index (χ0) is 27.8. The Morgan fingerprint density at radius 2 is 1.62 bits per heavy atom. The molecule has 198 valence electrons. The Kier molecular flexibility index (Phi) is 10.3. The van der Waals surface area contributed by atoms with Crippen LogP contribution in [0.4, 0.5) is 4.79 Å². The molecule has 2 aromatic rings. The van der Waals surface area contributed by atoms with E-state index in [1.807, 2.05) is 76.2 Å². The van der Waals surface area contributed by atoms with Crippen LogP contribution in [0, 0.1) is 32.2 Å². The summed E-state index contributed by atoms with van der Waals surface area (Å²) in [5.74, 6) is -1.22. The fourth-order valence-electron chi connectivity index (χ4n) is 4.05. The van der Waals surface area contributed by atoms with Crippen molar-refractivity contribution in [2.24, 2.45) is 5.92 Å². The lowest BCUT2D eigenvalue weighted by Crippen LogP contribution is -2.54. The second-order valence-electron chi connectivity index (χ2n) is 10.3. The van der Waals surface area contributed by atoms with Crippen LogP contribution >= 0.6 is 0 Å². The van der Waals surface area contributed by atoms with Crippen LogP contribution in [0.5, 0.6) is 0 Å². The third-order valence-electron chi connectivity index (χ3n) is 6.16. The topological polar surface area (TPSA) is 87.7 Å². The minimum Gasteiger partial charge on any atom is -0.444 e. The van der Waals surface area contributed by atoms with E-state index < -0.39 is 35.6 Å². The van der Waals surface area contributed by atoms with E-state index in [1.165, 1.54) is 0 Å². The first-order valence-corrected chi connectivity index (χ1v) is 12.6. The number of aryl methyl sites for hydroxylation is 2. The lowest BCUT2D eigenvalue weighted by molar-refractivity contribution is -0.139. The number of benzene rings is 2. The van der Waals surface area contributed by atoms with Crippen LogP contribution in [0.2, 0.25) is 0 Å². The number of hydrogen-bond donors (Lipinski definition) is 2. The molecule has 0 aliphatic heterocycles. The number of ether oxygens (including phenoxy) is 1. The molecule has 0 spiro atoms. The van der Waals surface area contributed by atoms with Crippen molar-refractivity contribution in [1.29, 1.82) is 0 Å². The van der Waals surface area contributed by atoms with Gasteiger partial charge < -0.3 is 15.4 Å². The highest BCUT2D eigenvalue weighted by molar-refractivity contribution is 5.93. The number of nitrogens with zero attached hydrogens (tertiary/aromatic N) is 1. The smallest absolute Gasteiger partial charge is 0.408 e. The van der Waals surface area contributed by atoms with Gasteiger partial charge in [-0.3, -0.25) is 14.5 Å². The summed E-state index contributed by atoms with van der Waals surface area (Å²) >= 11 is 0. The zero-order valence-electron chi connectivity index (χ0n) is 22.9. The fourth-order valence-corrected chi connectivity index (χ4v) is 4.05. The minimum absolute atomic E-state index is 0.262. The zero-order valence-corrected chi connectivity index (χ0v) is 22.9. The van der Waals surface area contributed by atoms with Gasteiger partial charge in [0.15, 0.2) is 0 Å². The van der Waals surface area contributed by atoms with Gasteiger partial charge in [-0.25, -0.2) is 4.79 Å². The van der Waals surface area contributed by atoms with Gasteiger partial charge in [0.25, 0.3) is 5.91 Å². The van der Waals surface area contributed by atoms with Crippen LogP contribution in [0.1, 0.15) is 69.3 Å². The average molecular weight is 506 g/mol. The third-order valence-corrected chi connectivity index (χ3v) is 6.16. The Labute approximate surface area is 221 Å². The Morgan fingerprint density at radius 1 is 1.03 bits per heavy atom. The van der Waals surface area contributed by atoms with Gasteiger partial charge in [-0.1, -0.05) is 75.2 Å². The molecule has 0 saturated carbocycles. The van der Waals surface area contributed by atoms with E-state index in [0.29, 0.717) is 12.0 Å². The summed E-state index contributed by atoms with van der Waals surface area (Å²) in [6, 6.07) is 15.5. The molecule has 0 aromatic heterocycles. The molecule has 0 radical (unpaired) electrons. The lowest BCUT2D eigenvalue weighted by Gasteiger charge is -2.33. The normalized spacial score (nSPS) is 13.5. The quantitative estimate of drug-likeness (QED) is 0.370. The summed E-state index contributed by atoms with van der Waals surface area (Å²) in [5, 5.41) is 5.63. The first kappa shape index (κ1) is 29.4. The molecule has 2 rings (SSSR count). The first-order chi connectivity index (χ1) is 17.4. The molecular weight excluding hydrogens is 466 g/mol. The summed E-state index contributed by atoms with van der Waals surface area (Å²) in [6.45, 7) is 13.0. The third kappa shape index (κ3) is 8.11. The van der Waals surface area contributed by atoms with Crippen LogP contribution in [-0.4, -0.2) is 34.5 Å². The highest BCUT2D eigenvalue weighted by atomic mass is 16.6. The van der Waals surface area contributed by atoms with Crippen LogP contribution < -0.4 is 10.6 Å². The van der Waals surface area contributed by atoms with Gasteiger partial charge >= 0.3 is 6.09 Å². The van der Waals surface area contributed by atoms with Crippen molar-refractivity contribution >= 4 is 17.9 Å². The van der Waals surface area contributed by atoms with Crippen molar-refractivity contribution in [3.8, 4) is 12.5 Å². The van der Waals surface area contributed by atoms with E-state index in [0.717, 1.165) is 21.6 Å². The highest BCUT2D eigenvalue weighted by Crippen LogP contribution is 2.29. The largest absolute Gasteiger partial charge is 0.444 e. The van der Waals surface area contributed by atoms with Gasteiger partial charge in [0.1, 0.15) is 17.7 Å². The number of terminal acetylenes is 1. The molecular formula is C30H39N3O4. The van der Waals surface area contributed by atoms with Gasteiger partial charge in [-0.05, 0) is 62.8 Å². The van der Waals surface area contributed by atoms with Crippen molar-refractivity contribution in [3.05, 3.63) is 70.8 Å². The van der Waals surface area contributed by atoms with E-state index in [1.54, 1.807) is 20.8 Å². The molecule has 3 atom stereocenters. The molecule has 3 unspecified atom stereocenters. The summed E-state index contributed by atoms with van der Waals surface area (Å²) < 4.78 is 5.39. The van der Waals surface area contributed by atoms with E-state index in [9.17, 15) is 14.4 Å². The molecule has 0 aliphatic carbocycles. The predicted octanol–water partition coefficient (Wildman–Crippen LogP) is 5.02. The van der Waals surface area contributed by atoms with Crippen molar-refractivity contribution in [1.82, 2.24) is 15.5 Å². The van der Waals surface area contributed by atoms with Gasteiger partial charge in [0.2, 0.25) is 5.91 Å². The number of amides is 3. The summed E-state index contributed by atoms with van der Waals surface area (Å²) in [6.07, 6.45) is 5.77. The average Bonchev–Trinajstić information content (AvgIpc) is 2.84. The monoisotopic (exact) mass is 505 g/mol. The van der Waals surface area contributed by atoms with E-state index >= 15 is 0 Å². The van der Waals surface area contributed by atoms with Crippen molar-refractivity contribution in [2.75, 3.05) is 0 Å². The molecule has 3 amide bonds. The van der Waals surface area contributed by atoms with Crippen molar-refractivity contribution < 1.29 is 19.1 Å². The number of carbonyl (C=O) groups excluding carboxylic acids is 3. The SMILES string of the molecule is C#CN(C(=O)C(NC(=O)OC(C)(C)C)C(C)CC)C(C(=O)NCc1ccccc1)c1c(C)cccc1C. The van der Waals surface area contributed by atoms with E-state index in [-0.39, 0.29) is 12.5 Å². The van der Waals surface area contributed by atoms with Gasteiger partial charge in [-0.15, -0.1) is 0 Å². The number of rotatable bonds is 9. The van der Waals surface area contributed by atoms with E-state index in [2.05, 4.69) is 16.7 Å². The van der Waals surface area contributed by atoms with Crippen molar-refractivity contribution in [2.45, 2.75) is 79.1 Å². The van der Waals surface area contributed by atoms with Crippen LogP contribution in [0.3, 0.4) is 0 Å². The molecule has 37 heavy (non-hydrogen) atoms. The Morgan fingerprint density at radius 3 is 2.14 bits per heavy atom. The van der Waals surface area contributed by atoms with E-state index in [4.69, 9.17) is 11.2 Å². The van der Waals surface area contributed by atoms with Crippen LogP contribution in [0.25, 0.3) is 0 Å². The second-order valence-corrected chi connectivity index (χ2v) is 10.3. The highest BCUT2D eigenvalue weighted by Gasteiger charge is 2.38. The summed E-state index contributed by atoms with van der Waals surface area (Å²) in [4.78, 5) is 41.3. The Bertz CT molecular complexity index is 1110. The van der Waals surface area contributed by atoms with Crippen molar-refractivity contribution in [3.63, 3.8) is 0 Å². The Hall–Kier alpha value is -3.79. The van der Waals surface area contributed by atoms with Gasteiger partial charge in [-0.2, -0.15) is 0 Å². The Balaban J connectivity index is 2.48. The van der Waals surface area contributed by atoms with Crippen LogP contribution in [-0.2, 0) is 20.9 Å². The molecule has 2 N–H and O–H groups in total. The fraction of sp³-hybridized carbons (Fsp3) is 0.433. The maximum atomic E-state index is 13.9. The molecule has 0 fully saturated rings. The number of carbonyl (C=O) groups is 3. The predicted molar refractivity (Wildman–Crippen MR) is 145 cm³/mol. The van der Waals surface area contributed by atoms with Gasteiger partial charge in [0, 0.05) is 12.6 Å². The number of nitrogens with one attached hydrogen (secondary N) is 2. The maximum absolute atomic E-state index is 13.9. The standard InChI is InChI=1S/C30H39N3O4/c1-9-20(3)25(32-29(36)37-30(6,7)8)28(35)33(10-2)26(24-21(4)15-14-16-22(24)5)27(34)31-19-23-17-12-11-13-18-23/h2,11-18,20,25-26H,9,19H2,1,3-8H3,(H,31,34)(H,32,36). The molecule has 0 saturated heterocycles. The first-order valence-electron chi connectivity index (χ1n) is 12.6.